The van der Waals surface area contributed by atoms with Crippen LogP contribution in [0.25, 0.3) is 0 Å². The van der Waals surface area contributed by atoms with Crippen LogP contribution in [0.2, 0.25) is 0 Å². The summed E-state index contributed by atoms with van der Waals surface area (Å²) in [4.78, 5) is 22.0. The number of aryl methyl sites for hydroxylation is 1. The number of hydrogen-bond acceptors (Lipinski definition) is 3. The summed E-state index contributed by atoms with van der Waals surface area (Å²) in [5.74, 6) is -0.894. The molecule has 18 heavy (non-hydrogen) atoms. The molecule has 0 fully saturated rings. The second-order valence-electron chi connectivity index (χ2n) is 4.11. The van der Waals surface area contributed by atoms with E-state index in [-0.39, 0.29) is 6.61 Å². The third-order valence-electron chi connectivity index (χ3n) is 2.66. The minimum atomic E-state index is -1.07. The molecule has 5 nitrogen and oxygen atoms in total. The van der Waals surface area contributed by atoms with E-state index in [4.69, 9.17) is 9.84 Å². The van der Waals surface area contributed by atoms with Gasteiger partial charge in [-0.25, -0.2) is 0 Å². The number of carbonyl (C=O) groups is 2. The highest BCUT2D eigenvalue weighted by atomic mass is 16.5. The van der Waals surface area contributed by atoms with E-state index in [1.807, 2.05) is 26.0 Å². The van der Waals surface area contributed by atoms with Crippen molar-refractivity contribution in [1.82, 2.24) is 5.32 Å². The van der Waals surface area contributed by atoms with Gasteiger partial charge >= 0.3 is 5.97 Å². The zero-order valence-electron chi connectivity index (χ0n) is 10.7. The van der Waals surface area contributed by atoms with E-state index >= 15 is 0 Å². The zero-order chi connectivity index (χ0) is 13.7. The number of aliphatic carboxylic acids is 1. The maximum absolute atomic E-state index is 11.4. The minimum absolute atomic E-state index is 0.193. The van der Waals surface area contributed by atoms with Crippen molar-refractivity contribution in [1.29, 1.82) is 0 Å². The van der Waals surface area contributed by atoms with Gasteiger partial charge in [-0.05, 0) is 38.0 Å². The number of nitrogens with one attached hydrogen (secondary N) is 1. The van der Waals surface area contributed by atoms with Crippen LogP contribution in [0, 0.1) is 13.8 Å². The van der Waals surface area contributed by atoms with Crippen LogP contribution in [-0.4, -0.2) is 29.6 Å². The summed E-state index contributed by atoms with van der Waals surface area (Å²) >= 11 is 0. The van der Waals surface area contributed by atoms with Gasteiger partial charge in [-0.2, -0.15) is 0 Å². The Morgan fingerprint density at radius 2 is 2.06 bits per heavy atom. The molecule has 0 aromatic heterocycles. The van der Waals surface area contributed by atoms with Crippen LogP contribution in [0.3, 0.4) is 0 Å². The van der Waals surface area contributed by atoms with Crippen molar-refractivity contribution in [2.45, 2.75) is 26.8 Å². The smallest absolute Gasteiger partial charge is 0.325 e. The highest BCUT2D eigenvalue weighted by Gasteiger charge is 2.14. The second kappa shape index (κ2) is 6.05. The summed E-state index contributed by atoms with van der Waals surface area (Å²) in [5.41, 5.74) is 2.04. The molecule has 2 N–H and O–H groups in total. The van der Waals surface area contributed by atoms with Gasteiger partial charge in [0, 0.05) is 0 Å². The second-order valence-corrected chi connectivity index (χ2v) is 4.11. The molecule has 0 spiro atoms. The highest BCUT2D eigenvalue weighted by Crippen LogP contribution is 2.20. The molecule has 0 aliphatic carbocycles. The molecular weight excluding hydrogens is 234 g/mol. The van der Waals surface area contributed by atoms with E-state index in [0.29, 0.717) is 5.75 Å². The number of benzene rings is 1. The van der Waals surface area contributed by atoms with Gasteiger partial charge < -0.3 is 15.2 Å². The summed E-state index contributed by atoms with van der Waals surface area (Å²) in [5, 5.41) is 11.0. The molecule has 1 aromatic carbocycles. The third-order valence-corrected chi connectivity index (χ3v) is 2.66. The molecule has 1 rings (SSSR count). The van der Waals surface area contributed by atoms with Crippen molar-refractivity contribution in [3.05, 3.63) is 29.3 Å². The van der Waals surface area contributed by atoms with Gasteiger partial charge in [0.1, 0.15) is 11.8 Å². The summed E-state index contributed by atoms with van der Waals surface area (Å²) in [6.07, 6.45) is 0. The van der Waals surface area contributed by atoms with Crippen molar-refractivity contribution < 1.29 is 19.4 Å². The van der Waals surface area contributed by atoms with Gasteiger partial charge in [-0.15, -0.1) is 0 Å². The number of ether oxygens (including phenoxy) is 1. The average molecular weight is 251 g/mol. The number of amides is 1. The quantitative estimate of drug-likeness (QED) is 0.826. The Bertz CT molecular complexity index is 456. The summed E-state index contributed by atoms with van der Waals surface area (Å²) in [6.45, 7) is 5.07. The topological polar surface area (TPSA) is 75.6 Å². The molecule has 5 heteroatoms. The molecule has 0 radical (unpaired) electrons. The van der Waals surface area contributed by atoms with Gasteiger partial charge in [0.05, 0.1) is 0 Å². The molecule has 0 saturated carbocycles. The predicted octanol–water partition coefficient (Wildman–Crippen LogP) is 1.27. The van der Waals surface area contributed by atoms with E-state index in [1.165, 1.54) is 6.92 Å². The first kappa shape index (κ1) is 14.0. The summed E-state index contributed by atoms with van der Waals surface area (Å²) < 4.78 is 5.36. The number of hydrogen-bond donors (Lipinski definition) is 2. The Kier molecular flexibility index (Phi) is 4.71. The van der Waals surface area contributed by atoms with Gasteiger partial charge in [0.25, 0.3) is 5.91 Å². The lowest BCUT2D eigenvalue weighted by Crippen LogP contribution is -2.40. The van der Waals surface area contributed by atoms with Crippen LogP contribution in [0.1, 0.15) is 18.1 Å². The number of rotatable bonds is 5. The first-order chi connectivity index (χ1) is 8.41. The van der Waals surface area contributed by atoms with E-state index in [9.17, 15) is 9.59 Å². The first-order valence-corrected chi connectivity index (χ1v) is 5.63. The Hall–Kier alpha value is -2.04. The lowest BCUT2D eigenvalue weighted by Gasteiger charge is -2.12. The molecular formula is C13H17NO4. The lowest BCUT2D eigenvalue weighted by atomic mass is 10.1. The van der Waals surface area contributed by atoms with E-state index in [0.717, 1.165) is 11.1 Å². The first-order valence-electron chi connectivity index (χ1n) is 5.63. The monoisotopic (exact) mass is 251 g/mol. The van der Waals surface area contributed by atoms with Crippen LogP contribution in [0.4, 0.5) is 0 Å². The van der Waals surface area contributed by atoms with Crippen molar-refractivity contribution >= 4 is 11.9 Å². The lowest BCUT2D eigenvalue weighted by molar-refractivity contribution is -0.141. The van der Waals surface area contributed by atoms with Crippen molar-refractivity contribution in [2.75, 3.05) is 6.61 Å². The molecule has 0 bridgehead atoms. The van der Waals surface area contributed by atoms with E-state index in [1.54, 1.807) is 6.07 Å². The fraction of sp³-hybridized carbons (Fsp3) is 0.385. The van der Waals surface area contributed by atoms with Gasteiger partial charge in [0.2, 0.25) is 0 Å². The molecule has 98 valence electrons. The normalized spacial score (nSPS) is 11.7. The van der Waals surface area contributed by atoms with Crippen LogP contribution in [-0.2, 0) is 9.59 Å². The standard InChI is InChI=1S/C13H17NO4/c1-8-5-4-6-11(9(8)2)18-7-12(15)14-10(3)13(16)17/h4-6,10H,7H2,1-3H3,(H,14,15)(H,16,17)/t10-/m1/s1. The fourth-order valence-corrected chi connectivity index (χ4v) is 1.37. The van der Waals surface area contributed by atoms with Crippen molar-refractivity contribution in [3.8, 4) is 5.75 Å². The molecule has 1 aromatic rings. The van der Waals surface area contributed by atoms with Crippen LogP contribution < -0.4 is 10.1 Å². The predicted molar refractivity (Wildman–Crippen MR) is 66.7 cm³/mol. The number of carboxylic acid groups (broad SMARTS) is 1. The highest BCUT2D eigenvalue weighted by molar-refractivity contribution is 5.84. The molecule has 0 aliphatic heterocycles. The van der Waals surface area contributed by atoms with Gasteiger partial charge in [-0.1, -0.05) is 12.1 Å². The molecule has 0 unspecified atom stereocenters. The number of carbonyl (C=O) groups excluding carboxylic acids is 1. The maximum atomic E-state index is 11.4. The Morgan fingerprint density at radius 3 is 2.67 bits per heavy atom. The molecule has 1 amide bonds. The third kappa shape index (κ3) is 3.76. The Balaban J connectivity index is 2.53. The average Bonchev–Trinajstić information content (AvgIpc) is 2.31. The zero-order valence-corrected chi connectivity index (χ0v) is 10.7. The summed E-state index contributed by atoms with van der Waals surface area (Å²) in [6, 6.07) is 4.65. The van der Waals surface area contributed by atoms with Crippen LogP contribution >= 0.6 is 0 Å². The molecule has 0 saturated heterocycles. The van der Waals surface area contributed by atoms with Gasteiger partial charge in [-0.3, -0.25) is 9.59 Å². The van der Waals surface area contributed by atoms with Crippen molar-refractivity contribution in [2.24, 2.45) is 0 Å². The van der Waals surface area contributed by atoms with Crippen molar-refractivity contribution in [3.63, 3.8) is 0 Å². The number of carboxylic acids is 1. The van der Waals surface area contributed by atoms with Crippen LogP contribution in [0.5, 0.6) is 5.75 Å². The molecule has 1 atom stereocenters. The fourth-order valence-electron chi connectivity index (χ4n) is 1.37. The van der Waals surface area contributed by atoms with E-state index in [2.05, 4.69) is 5.32 Å². The minimum Gasteiger partial charge on any atom is -0.483 e. The summed E-state index contributed by atoms with van der Waals surface area (Å²) in [7, 11) is 0. The molecule has 0 heterocycles. The maximum Gasteiger partial charge on any atom is 0.325 e. The van der Waals surface area contributed by atoms with Crippen LogP contribution in [0.15, 0.2) is 18.2 Å². The largest absolute Gasteiger partial charge is 0.483 e. The van der Waals surface area contributed by atoms with E-state index < -0.39 is 17.9 Å². The Labute approximate surface area is 106 Å². The Morgan fingerprint density at radius 1 is 1.39 bits per heavy atom. The molecule has 0 aliphatic rings. The SMILES string of the molecule is Cc1cccc(OCC(=O)N[C@H](C)C(=O)O)c1C. The van der Waals surface area contributed by atoms with Gasteiger partial charge in [0.15, 0.2) is 6.61 Å².